The summed E-state index contributed by atoms with van der Waals surface area (Å²) in [7, 11) is 0.985. The Morgan fingerprint density at radius 2 is 1.32 bits per heavy atom. The molecule has 0 spiro atoms. The maximum absolute atomic E-state index is 5.86. The summed E-state index contributed by atoms with van der Waals surface area (Å²) in [6, 6.07) is 19.3. The van der Waals surface area contributed by atoms with E-state index < -0.39 is 0 Å². The molecule has 162 valence electrons. The van der Waals surface area contributed by atoms with Crippen LogP contribution in [0, 0.1) is 0 Å². The Labute approximate surface area is 191 Å². The van der Waals surface area contributed by atoms with Crippen molar-refractivity contribution in [1.29, 1.82) is 0 Å². The van der Waals surface area contributed by atoms with Gasteiger partial charge in [-0.2, -0.15) is 0 Å². The molecule has 2 aromatic rings. The molecule has 4 rings (SSSR count). The van der Waals surface area contributed by atoms with Gasteiger partial charge in [0, 0.05) is 28.0 Å². The van der Waals surface area contributed by atoms with E-state index in [1.807, 2.05) is 0 Å². The van der Waals surface area contributed by atoms with Crippen molar-refractivity contribution >= 4 is 21.7 Å². The fourth-order valence-electron chi connectivity index (χ4n) is 4.89. The van der Waals surface area contributed by atoms with Gasteiger partial charge in [0.15, 0.2) is 0 Å². The molecule has 0 aromatic heterocycles. The third-order valence-electron chi connectivity index (χ3n) is 6.44. The summed E-state index contributed by atoms with van der Waals surface area (Å²) in [5, 5.41) is 0. The van der Waals surface area contributed by atoms with Crippen molar-refractivity contribution in [1.82, 2.24) is 0 Å². The van der Waals surface area contributed by atoms with Gasteiger partial charge in [-0.15, -0.1) is 0 Å². The van der Waals surface area contributed by atoms with Crippen LogP contribution in [-0.4, -0.2) is 21.7 Å². The van der Waals surface area contributed by atoms with Crippen molar-refractivity contribution in [3.05, 3.63) is 82.9 Å². The minimum atomic E-state index is -0.00914. The quantitative estimate of drug-likeness (QED) is 0.276. The summed E-state index contributed by atoms with van der Waals surface area (Å²) in [6.07, 6.45) is 14.8. The van der Waals surface area contributed by atoms with Gasteiger partial charge in [0.2, 0.25) is 0 Å². The van der Waals surface area contributed by atoms with E-state index >= 15 is 0 Å². The highest BCUT2D eigenvalue weighted by atomic mass is 28.2. The summed E-state index contributed by atoms with van der Waals surface area (Å²) in [6.45, 7) is 7.31. The van der Waals surface area contributed by atoms with Crippen LogP contribution in [0.15, 0.2) is 60.7 Å². The lowest BCUT2D eigenvalue weighted by molar-refractivity contribution is -0.00471. The summed E-state index contributed by atoms with van der Waals surface area (Å²) in [5.74, 6) is 1.08. The summed E-state index contributed by atoms with van der Waals surface area (Å²) in [4.78, 5) is 0. The summed E-state index contributed by atoms with van der Waals surface area (Å²) >= 11 is 0. The Hall–Kier alpha value is -1.90. The van der Waals surface area contributed by atoms with Gasteiger partial charge in [0.05, 0.1) is 5.60 Å². The molecule has 1 nitrogen and oxygen atoms in total. The van der Waals surface area contributed by atoms with E-state index in [0.29, 0.717) is 17.4 Å². The molecule has 0 aliphatic heterocycles. The van der Waals surface area contributed by atoms with Crippen molar-refractivity contribution in [3.63, 3.8) is 0 Å². The third kappa shape index (κ3) is 5.67. The normalized spacial score (nSPS) is 20.1. The van der Waals surface area contributed by atoms with E-state index in [0.717, 1.165) is 16.1 Å². The number of hydrogen-bond acceptors (Lipinski definition) is 1. The predicted octanol–water partition coefficient (Wildman–Crippen LogP) is 7.89. The second-order valence-corrected chi connectivity index (χ2v) is 11.5. The number of fused-ring (bicyclic) bond motifs is 2. The molecule has 0 saturated heterocycles. The zero-order chi connectivity index (χ0) is 21.7. The molecule has 2 heteroatoms. The molecular weight excluding hydrogens is 392 g/mol. The van der Waals surface area contributed by atoms with Crippen LogP contribution in [0.3, 0.4) is 0 Å². The molecular formula is C29H36OSi. The largest absolute Gasteiger partial charge is 0.376 e. The second-order valence-electron chi connectivity index (χ2n) is 9.88. The fourth-order valence-corrected chi connectivity index (χ4v) is 6.76. The van der Waals surface area contributed by atoms with Gasteiger partial charge in [-0.1, -0.05) is 98.1 Å². The first-order valence-corrected chi connectivity index (χ1v) is 13.2. The lowest BCUT2D eigenvalue weighted by atomic mass is 9.86. The van der Waals surface area contributed by atoms with Gasteiger partial charge in [-0.05, 0) is 55.0 Å². The average Bonchev–Trinajstić information content (AvgIpc) is 3.37. The Bertz CT molecular complexity index is 859. The molecule has 0 bridgehead atoms. The van der Waals surface area contributed by atoms with Crippen LogP contribution in [-0.2, 0) is 4.74 Å². The topological polar surface area (TPSA) is 9.23 Å². The van der Waals surface area contributed by atoms with Crippen molar-refractivity contribution in [2.75, 3.05) is 6.61 Å². The monoisotopic (exact) mass is 428 g/mol. The predicted molar refractivity (Wildman–Crippen MR) is 135 cm³/mol. The van der Waals surface area contributed by atoms with E-state index in [9.17, 15) is 0 Å². The standard InChI is InChI=1S/C29H36OSi/c1-29(2,3)30-20-10-4-5-11-21-31-28(26-18-16-22-12-6-8-14-24(22)26)27-19-17-23-13-7-9-15-25(23)27/h6-9,12-19,26-28H,4-5,10-11,20-21H2,1-3H3. The Kier molecular flexibility index (Phi) is 7.30. The Morgan fingerprint density at radius 1 is 0.774 bits per heavy atom. The molecule has 2 unspecified atom stereocenters. The first kappa shape index (κ1) is 22.3. The van der Waals surface area contributed by atoms with Crippen LogP contribution < -0.4 is 0 Å². The number of unbranched alkanes of at least 4 members (excludes halogenated alkanes) is 3. The number of allylic oxidation sites excluding steroid dienone is 2. The number of rotatable bonds is 10. The first-order chi connectivity index (χ1) is 15.0. The van der Waals surface area contributed by atoms with Gasteiger partial charge in [0.25, 0.3) is 0 Å². The van der Waals surface area contributed by atoms with Gasteiger partial charge < -0.3 is 4.74 Å². The molecule has 0 saturated carbocycles. The zero-order valence-electron chi connectivity index (χ0n) is 19.3. The third-order valence-corrected chi connectivity index (χ3v) is 8.27. The molecule has 2 aromatic carbocycles. The van der Waals surface area contributed by atoms with Gasteiger partial charge in [-0.3, -0.25) is 0 Å². The molecule has 0 amide bonds. The number of benzene rings is 2. The van der Waals surface area contributed by atoms with Crippen molar-refractivity contribution in [2.45, 2.75) is 75.5 Å². The minimum absolute atomic E-state index is 0.00914. The van der Waals surface area contributed by atoms with Crippen LogP contribution in [0.4, 0.5) is 0 Å². The maximum atomic E-state index is 5.86. The van der Waals surface area contributed by atoms with Crippen LogP contribution in [0.2, 0.25) is 11.6 Å². The fraction of sp³-hybridized carbons (Fsp3) is 0.448. The highest BCUT2D eigenvalue weighted by Crippen LogP contribution is 2.49. The summed E-state index contributed by atoms with van der Waals surface area (Å²) in [5.41, 5.74) is 6.52. The Morgan fingerprint density at radius 3 is 1.90 bits per heavy atom. The molecule has 2 aliphatic carbocycles. The van der Waals surface area contributed by atoms with Crippen LogP contribution in [0.25, 0.3) is 12.2 Å². The second kappa shape index (κ2) is 10.1. The molecule has 2 radical (unpaired) electrons. The van der Waals surface area contributed by atoms with Crippen molar-refractivity contribution in [3.8, 4) is 0 Å². The highest BCUT2D eigenvalue weighted by Gasteiger charge is 2.34. The SMILES string of the molecule is CC(C)(C)OCCCCCC[Si]C(C1C=Cc2ccccc21)C1C=Cc2ccccc21. The number of ether oxygens (including phenoxy) is 1. The lowest BCUT2D eigenvalue weighted by Crippen LogP contribution is -2.19. The molecule has 0 heterocycles. The number of hydrogen-bond donors (Lipinski definition) is 0. The van der Waals surface area contributed by atoms with Crippen LogP contribution >= 0.6 is 0 Å². The van der Waals surface area contributed by atoms with E-state index in [4.69, 9.17) is 4.74 Å². The molecule has 2 atom stereocenters. The van der Waals surface area contributed by atoms with Crippen LogP contribution in [0.5, 0.6) is 0 Å². The highest BCUT2D eigenvalue weighted by molar-refractivity contribution is 6.38. The van der Waals surface area contributed by atoms with Gasteiger partial charge >= 0.3 is 0 Å². The van der Waals surface area contributed by atoms with Crippen molar-refractivity contribution < 1.29 is 4.74 Å². The smallest absolute Gasteiger partial charge is 0.0598 e. The molecule has 31 heavy (non-hydrogen) atoms. The van der Waals surface area contributed by atoms with E-state index in [-0.39, 0.29) is 5.60 Å². The van der Waals surface area contributed by atoms with Crippen molar-refractivity contribution in [2.24, 2.45) is 0 Å². The molecule has 0 fully saturated rings. The summed E-state index contributed by atoms with van der Waals surface area (Å²) < 4.78 is 5.86. The minimum Gasteiger partial charge on any atom is -0.376 e. The molecule has 2 aliphatic rings. The zero-order valence-corrected chi connectivity index (χ0v) is 20.3. The van der Waals surface area contributed by atoms with E-state index in [1.54, 1.807) is 0 Å². The average molecular weight is 429 g/mol. The van der Waals surface area contributed by atoms with Crippen LogP contribution in [0.1, 0.15) is 80.5 Å². The lowest BCUT2D eigenvalue weighted by Gasteiger charge is -2.29. The van der Waals surface area contributed by atoms with E-state index in [1.165, 1.54) is 54.0 Å². The van der Waals surface area contributed by atoms with Gasteiger partial charge in [-0.25, -0.2) is 0 Å². The maximum Gasteiger partial charge on any atom is 0.0598 e. The first-order valence-electron chi connectivity index (χ1n) is 11.9. The molecule has 0 N–H and O–H groups in total. The van der Waals surface area contributed by atoms with Gasteiger partial charge in [0.1, 0.15) is 0 Å². The van der Waals surface area contributed by atoms with E-state index in [2.05, 4.69) is 93.6 Å². The Balaban J connectivity index is 1.36.